The van der Waals surface area contributed by atoms with Gasteiger partial charge in [0.25, 0.3) is 5.91 Å². The van der Waals surface area contributed by atoms with Gasteiger partial charge in [0.05, 0.1) is 11.1 Å². The number of halogens is 4. The van der Waals surface area contributed by atoms with Crippen molar-refractivity contribution in [2.45, 2.75) is 57.1 Å². The van der Waals surface area contributed by atoms with Crippen molar-refractivity contribution in [1.29, 1.82) is 0 Å². The summed E-state index contributed by atoms with van der Waals surface area (Å²) in [5.41, 5.74) is 2.27. The lowest BCUT2D eigenvalue weighted by molar-refractivity contribution is -0.274. The number of rotatable bonds is 6. The molecule has 4 rings (SSSR count). The summed E-state index contributed by atoms with van der Waals surface area (Å²) < 4.78 is 42.7. The van der Waals surface area contributed by atoms with Crippen LogP contribution in [0.5, 0.6) is 5.75 Å². The minimum absolute atomic E-state index is 0.0538. The van der Waals surface area contributed by atoms with Gasteiger partial charge in [0, 0.05) is 32.2 Å². The number of aromatic nitrogens is 2. The number of carbonyl (C=O) groups is 1. The van der Waals surface area contributed by atoms with Gasteiger partial charge in [-0.05, 0) is 43.0 Å². The van der Waals surface area contributed by atoms with Crippen molar-refractivity contribution in [1.82, 2.24) is 19.8 Å². The fourth-order valence-electron chi connectivity index (χ4n) is 4.30. The molecule has 2 aliphatic rings. The third kappa shape index (κ3) is 5.89. The van der Waals surface area contributed by atoms with Crippen molar-refractivity contribution < 1.29 is 22.7 Å². The fourth-order valence-corrected chi connectivity index (χ4v) is 4.51. The van der Waals surface area contributed by atoms with E-state index in [0.717, 1.165) is 43.0 Å². The molecule has 0 aliphatic carbocycles. The van der Waals surface area contributed by atoms with Crippen LogP contribution >= 0.6 is 11.6 Å². The molecular formula is C23H26ClF3N4O2. The molecule has 1 saturated heterocycles. The highest BCUT2D eigenvalue weighted by atomic mass is 35.5. The molecule has 1 aromatic carbocycles. The number of amides is 1. The van der Waals surface area contributed by atoms with Crippen molar-refractivity contribution >= 4 is 23.6 Å². The summed E-state index contributed by atoms with van der Waals surface area (Å²) in [6, 6.07) is 5.99. The van der Waals surface area contributed by atoms with Crippen LogP contribution in [0.25, 0.3) is 6.08 Å². The van der Waals surface area contributed by atoms with Crippen molar-refractivity contribution in [2.75, 3.05) is 13.1 Å². The van der Waals surface area contributed by atoms with E-state index in [9.17, 15) is 18.0 Å². The van der Waals surface area contributed by atoms with Gasteiger partial charge in [-0.3, -0.25) is 9.69 Å². The lowest BCUT2D eigenvalue weighted by Gasteiger charge is -2.32. The first-order valence-electron chi connectivity index (χ1n) is 11.0. The number of aryl methyl sites for hydroxylation is 1. The van der Waals surface area contributed by atoms with Crippen LogP contribution in [-0.2, 0) is 19.5 Å². The number of likely N-dealkylation sites (tertiary alicyclic amines) is 1. The van der Waals surface area contributed by atoms with Crippen LogP contribution in [0, 0.1) is 0 Å². The third-order valence-electron chi connectivity index (χ3n) is 5.92. The maximum absolute atomic E-state index is 13.1. The van der Waals surface area contributed by atoms with E-state index in [-0.39, 0.29) is 23.1 Å². The van der Waals surface area contributed by atoms with Crippen LogP contribution in [0.1, 0.15) is 47.3 Å². The normalized spacial score (nSPS) is 19.4. The predicted octanol–water partition coefficient (Wildman–Crippen LogP) is 4.37. The summed E-state index contributed by atoms with van der Waals surface area (Å²) in [6.07, 6.45) is 1.30. The molecule has 2 aromatic rings. The Balaban J connectivity index is 1.31. The molecule has 1 amide bonds. The van der Waals surface area contributed by atoms with Gasteiger partial charge in [0.1, 0.15) is 17.3 Å². The molecule has 1 N–H and O–H groups in total. The summed E-state index contributed by atoms with van der Waals surface area (Å²) in [5, 5.41) is 2.99. The Hall–Kier alpha value is -2.52. The van der Waals surface area contributed by atoms with Gasteiger partial charge in [-0.1, -0.05) is 25.1 Å². The van der Waals surface area contributed by atoms with E-state index in [0.29, 0.717) is 25.2 Å². The third-order valence-corrected chi connectivity index (χ3v) is 6.20. The second-order valence-electron chi connectivity index (χ2n) is 8.32. The minimum Gasteiger partial charge on any atom is -0.406 e. The van der Waals surface area contributed by atoms with Crippen LogP contribution in [0.4, 0.5) is 13.2 Å². The van der Waals surface area contributed by atoms with Gasteiger partial charge in [-0.2, -0.15) is 0 Å². The highest BCUT2D eigenvalue weighted by molar-refractivity contribution is 6.22. The molecule has 6 nitrogen and oxygen atoms in total. The van der Waals surface area contributed by atoms with E-state index in [2.05, 4.69) is 19.9 Å². The van der Waals surface area contributed by atoms with Gasteiger partial charge < -0.3 is 14.6 Å². The van der Waals surface area contributed by atoms with E-state index in [1.165, 1.54) is 12.1 Å². The van der Waals surface area contributed by atoms with Gasteiger partial charge in [-0.15, -0.1) is 24.8 Å². The number of hydrogen-bond donors (Lipinski definition) is 1. The fraction of sp³-hybridized carbons (Fsp3) is 0.478. The number of benzene rings is 1. The Kier molecular flexibility index (Phi) is 6.99. The second-order valence-corrected chi connectivity index (χ2v) is 8.88. The molecule has 1 fully saturated rings. The molecule has 0 spiro atoms. The molecule has 1 unspecified atom stereocenters. The van der Waals surface area contributed by atoms with Crippen molar-refractivity contribution in [3.05, 3.63) is 53.1 Å². The number of nitrogens with zero attached hydrogens (tertiary/aromatic N) is 3. The van der Waals surface area contributed by atoms with Crippen LogP contribution in [0.3, 0.4) is 0 Å². The number of allylic oxidation sites excluding steroid dienone is 1. The molecule has 1 atom stereocenters. The highest BCUT2D eigenvalue weighted by Crippen LogP contribution is 2.24. The second kappa shape index (κ2) is 9.77. The van der Waals surface area contributed by atoms with Crippen molar-refractivity contribution in [3.63, 3.8) is 0 Å². The first kappa shape index (κ1) is 23.6. The number of alkyl halides is 4. The lowest BCUT2D eigenvalue weighted by atomic mass is 10.0. The number of hydrogen-bond acceptors (Lipinski definition) is 4. The largest absolute Gasteiger partial charge is 0.573 e. The molecule has 33 heavy (non-hydrogen) atoms. The summed E-state index contributed by atoms with van der Waals surface area (Å²) in [7, 11) is 0. The van der Waals surface area contributed by atoms with Crippen molar-refractivity contribution in [2.24, 2.45) is 0 Å². The molecule has 3 heterocycles. The SMILES string of the molecule is CCc1nc2n(c1C(=O)NC1CCN(Cc3ccc(OC(F)(F)F)cc3)CC1)CC(Cl)C=C2. The monoisotopic (exact) mass is 482 g/mol. The van der Waals surface area contributed by atoms with Crippen LogP contribution in [0.15, 0.2) is 30.3 Å². The number of carbonyl (C=O) groups excluding carboxylic acids is 1. The average Bonchev–Trinajstić information content (AvgIpc) is 3.13. The minimum atomic E-state index is -4.69. The number of nitrogens with one attached hydrogen (secondary N) is 1. The van der Waals surface area contributed by atoms with Crippen LogP contribution in [0.2, 0.25) is 0 Å². The first-order chi connectivity index (χ1) is 15.7. The Labute approximate surface area is 195 Å². The predicted molar refractivity (Wildman–Crippen MR) is 119 cm³/mol. The maximum Gasteiger partial charge on any atom is 0.573 e. The molecule has 1 aromatic heterocycles. The first-order valence-corrected chi connectivity index (χ1v) is 11.4. The number of fused-ring (bicyclic) bond motifs is 1. The summed E-state index contributed by atoms with van der Waals surface area (Å²) in [6.45, 7) is 4.70. The smallest absolute Gasteiger partial charge is 0.406 e. The zero-order valence-corrected chi connectivity index (χ0v) is 19.0. The standard InChI is InChI=1S/C23H26ClF3N4O2/c1-2-19-21(31-14-16(24)5-8-20(31)29-19)22(32)28-17-9-11-30(12-10-17)13-15-3-6-18(7-4-15)33-23(25,26)27/h3-8,16-17H,2,9-14H2,1H3,(H,28,32). The Bertz CT molecular complexity index is 1010. The van der Waals surface area contributed by atoms with Crippen molar-refractivity contribution in [3.8, 4) is 5.75 Å². The molecule has 10 heteroatoms. The Morgan fingerprint density at radius 3 is 2.58 bits per heavy atom. The van der Waals surface area contributed by atoms with Gasteiger partial charge in [0.2, 0.25) is 0 Å². The van der Waals surface area contributed by atoms with E-state index >= 15 is 0 Å². The molecule has 0 radical (unpaired) electrons. The van der Waals surface area contributed by atoms with E-state index in [1.807, 2.05) is 23.6 Å². The summed E-state index contributed by atoms with van der Waals surface area (Å²) in [5.74, 6) is 0.413. The molecular weight excluding hydrogens is 457 g/mol. The Morgan fingerprint density at radius 1 is 1.24 bits per heavy atom. The molecule has 0 bridgehead atoms. The Morgan fingerprint density at radius 2 is 1.94 bits per heavy atom. The zero-order chi connectivity index (χ0) is 23.6. The molecule has 178 valence electrons. The molecule has 0 saturated carbocycles. The quantitative estimate of drug-likeness (QED) is 0.621. The number of imidazole rings is 1. The number of ether oxygens (including phenoxy) is 1. The van der Waals surface area contributed by atoms with Crippen LogP contribution < -0.4 is 10.1 Å². The highest BCUT2D eigenvalue weighted by Gasteiger charge is 2.31. The summed E-state index contributed by atoms with van der Waals surface area (Å²) in [4.78, 5) is 19.9. The maximum atomic E-state index is 13.1. The number of piperidine rings is 1. The topological polar surface area (TPSA) is 59.4 Å². The summed E-state index contributed by atoms with van der Waals surface area (Å²) >= 11 is 6.26. The van der Waals surface area contributed by atoms with Crippen LogP contribution in [-0.4, -0.2) is 51.2 Å². The van der Waals surface area contributed by atoms with Gasteiger partial charge in [-0.25, -0.2) is 4.98 Å². The zero-order valence-electron chi connectivity index (χ0n) is 18.2. The van der Waals surface area contributed by atoms with E-state index in [1.54, 1.807) is 12.1 Å². The van der Waals surface area contributed by atoms with Gasteiger partial charge in [0.15, 0.2) is 0 Å². The van der Waals surface area contributed by atoms with E-state index in [4.69, 9.17) is 11.6 Å². The van der Waals surface area contributed by atoms with Gasteiger partial charge >= 0.3 is 6.36 Å². The average molecular weight is 483 g/mol. The molecule has 2 aliphatic heterocycles. The lowest BCUT2D eigenvalue weighted by Crippen LogP contribution is -2.45. The van der Waals surface area contributed by atoms with E-state index < -0.39 is 6.36 Å².